The van der Waals surface area contributed by atoms with Gasteiger partial charge in [0.15, 0.2) is 0 Å². The SMILES string of the molecule is CCN1CC2(CC1=O)CN(Cc1ccccn1)CCN(C(=O)N(C)C)C2. The summed E-state index contributed by atoms with van der Waals surface area (Å²) in [5.74, 6) is 0.199. The van der Waals surface area contributed by atoms with Crippen LogP contribution in [-0.4, -0.2) is 89.9 Å². The molecule has 0 aliphatic carbocycles. The lowest BCUT2D eigenvalue weighted by atomic mass is 9.86. The van der Waals surface area contributed by atoms with Gasteiger partial charge in [-0.3, -0.25) is 14.7 Å². The van der Waals surface area contributed by atoms with Crippen molar-refractivity contribution < 1.29 is 9.59 Å². The number of nitrogens with zero attached hydrogens (tertiary/aromatic N) is 5. The van der Waals surface area contributed by atoms with Crippen LogP contribution in [0.1, 0.15) is 19.0 Å². The third kappa shape index (κ3) is 3.98. The predicted octanol–water partition coefficient (Wildman–Crippen LogP) is 1.12. The van der Waals surface area contributed by atoms with E-state index in [9.17, 15) is 9.59 Å². The van der Waals surface area contributed by atoms with Crippen LogP contribution in [0.2, 0.25) is 0 Å². The molecule has 7 heteroatoms. The highest BCUT2D eigenvalue weighted by molar-refractivity contribution is 5.80. The fourth-order valence-electron chi connectivity index (χ4n) is 4.13. The maximum absolute atomic E-state index is 12.6. The van der Waals surface area contributed by atoms with E-state index in [-0.39, 0.29) is 17.4 Å². The minimum absolute atomic E-state index is 0.0199. The van der Waals surface area contributed by atoms with Crippen LogP contribution in [0.3, 0.4) is 0 Å². The van der Waals surface area contributed by atoms with Gasteiger partial charge in [0.1, 0.15) is 0 Å². The van der Waals surface area contributed by atoms with Crippen molar-refractivity contribution in [2.45, 2.75) is 19.9 Å². The van der Waals surface area contributed by atoms with Gasteiger partial charge in [-0.15, -0.1) is 0 Å². The quantitative estimate of drug-likeness (QED) is 0.811. The molecule has 3 amide bonds. The van der Waals surface area contributed by atoms with E-state index in [1.54, 1.807) is 19.0 Å². The Bertz CT molecular complexity index is 651. The van der Waals surface area contributed by atoms with Crippen molar-refractivity contribution in [3.8, 4) is 0 Å². The van der Waals surface area contributed by atoms with E-state index < -0.39 is 0 Å². The molecule has 3 heterocycles. The molecule has 0 bridgehead atoms. The summed E-state index contributed by atoms with van der Waals surface area (Å²) in [7, 11) is 3.56. The van der Waals surface area contributed by atoms with Crippen LogP contribution in [0.25, 0.3) is 0 Å². The molecule has 0 N–H and O–H groups in total. The van der Waals surface area contributed by atoms with Crippen molar-refractivity contribution in [3.63, 3.8) is 0 Å². The first-order valence-corrected chi connectivity index (χ1v) is 9.29. The van der Waals surface area contributed by atoms with Gasteiger partial charge in [-0.05, 0) is 19.1 Å². The molecule has 0 saturated carbocycles. The van der Waals surface area contributed by atoms with Crippen molar-refractivity contribution in [2.75, 3.05) is 53.4 Å². The van der Waals surface area contributed by atoms with Gasteiger partial charge in [-0.25, -0.2) is 4.79 Å². The molecule has 0 radical (unpaired) electrons. The Balaban J connectivity index is 1.82. The van der Waals surface area contributed by atoms with Crippen molar-refractivity contribution in [1.29, 1.82) is 0 Å². The summed E-state index contributed by atoms with van der Waals surface area (Å²) in [6, 6.07) is 5.96. The number of hydrogen-bond acceptors (Lipinski definition) is 4. The summed E-state index contributed by atoms with van der Waals surface area (Å²) in [5.41, 5.74) is 0.816. The number of aromatic nitrogens is 1. The zero-order valence-electron chi connectivity index (χ0n) is 16.0. The molecule has 2 aliphatic rings. The van der Waals surface area contributed by atoms with Crippen molar-refractivity contribution in [2.24, 2.45) is 5.41 Å². The fraction of sp³-hybridized carbons (Fsp3) is 0.632. The van der Waals surface area contributed by atoms with E-state index >= 15 is 0 Å². The van der Waals surface area contributed by atoms with Crippen LogP contribution in [0.4, 0.5) is 4.79 Å². The number of likely N-dealkylation sites (tertiary alicyclic amines) is 1. The second-order valence-electron chi connectivity index (χ2n) is 7.71. The van der Waals surface area contributed by atoms with Crippen molar-refractivity contribution in [3.05, 3.63) is 30.1 Å². The van der Waals surface area contributed by atoms with Crippen LogP contribution in [0, 0.1) is 5.41 Å². The van der Waals surface area contributed by atoms with Gasteiger partial charge in [0, 0.05) is 77.9 Å². The average Bonchev–Trinajstić information content (AvgIpc) is 2.82. The minimum atomic E-state index is -0.204. The Hall–Kier alpha value is -2.15. The summed E-state index contributed by atoms with van der Waals surface area (Å²) >= 11 is 0. The highest BCUT2D eigenvalue weighted by atomic mass is 16.2. The monoisotopic (exact) mass is 359 g/mol. The summed E-state index contributed by atoms with van der Waals surface area (Å²) in [6.45, 7) is 7.10. The molecule has 1 aromatic rings. The van der Waals surface area contributed by atoms with Crippen LogP contribution in [0.15, 0.2) is 24.4 Å². The van der Waals surface area contributed by atoms with Gasteiger partial charge in [-0.2, -0.15) is 0 Å². The number of rotatable bonds is 3. The second-order valence-corrected chi connectivity index (χ2v) is 7.71. The first-order chi connectivity index (χ1) is 12.4. The summed E-state index contributed by atoms with van der Waals surface area (Å²) in [4.78, 5) is 37.3. The lowest BCUT2D eigenvalue weighted by Gasteiger charge is -2.34. The zero-order chi connectivity index (χ0) is 18.7. The first-order valence-electron chi connectivity index (χ1n) is 9.29. The zero-order valence-corrected chi connectivity index (χ0v) is 16.0. The highest BCUT2D eigenvalue weighted by Gasteiger charge is 2.46. The first kappa shape index (κ1) is 18.6. The minimum Gasteiger partial charge on any atom is -0.342 e. The maximum atomic E-state index is 12.6. The standard InChI is InChI=1S/C19H29N5O2/c1-4-23-14-19(11-17(23)25)13-22(12-16-7-5-6-8-20-16)9-10-24(15-19)18(26)21(2)3/h5-8H,4,9-15H2,1-3H3. The number of carbonyl (C=O) groups excluding carboxylic acids is 2. The maximum Gasteiger partial charge on any atom is 0.319 e. The number of amides is 3. The second kappa shape index (κ2) is 7.61. The van der Waals surface area contributed by atoms with Crippen LogP contribution < -0.4 is 0 Å². The van der Waals surface area contributed by atoms with E-state index in [0.29, 0.717) is 19.5 Å². The Labute approximate surface area is 155 Å². The summed E-state index contributed by atoms with van der Waals surface area (Å²) in [6.07, 6.45) is 2.32. The molecule has 1 unspecified atom stereocenters. The Morgan fingerprint density at radius 1 is 1.23 bits per heavy atom. The van der Waals surface area contributed by atoms with Gasteiger partial charge in [0.2, 0.25) is 5.91 Å². The van der Waals surface area contributed by atoms with E-state index in [1.807, 2.05) is 41.1 Å². The molecular weight excluding hydrogens is 330 g/mol. The molecule has 142 valence electrons. The third-order valence-corrected chi connectivity index (χ3v) is 5.32. The molecule has 2 saturated heterocycles. The topological polar surface area (TPSA) is 60.0 Å². The predicted molar refractivity (Wildman–Crippen MR) is 99.5 cm³/mol. The lowest BCUT2D eigenvalue weighted by Crippen LogP contribution is -2.47. The normalized spacial score (nSPS) is 24.2. The molecule has 1 aromatic heterocycles. The van der Waals surface area contributed by atoms with Gasteiger partial charge < -0.3 is 14.7 Å². The van der Waals surface area contributed by atoms with Crippen LogP contribution in [-0.2, 0) is 11.3 Å². The van der Waals surface area contributed by atoms with Crippen LogP contribution >= 0.6 is 0 Å². The van der Waals surface area contributed by atoms with Crippen LogP contribution in [0.5, 0.6) is 0 Å². The Morgan fingerprint density at radius 2 is 2.04 bits per heavy atom. The molecule has 26 heavy (non-hydrogen) atoms. The Kier molecular flexibility index (Phi) is 5.46. The van der Waals surface area contributed by atoms with Crippen molar-refractivity contribution in [1.82, 2.24) is 24.6 Å². The average molecular weight is 359 g/mol. The molecule has 3 rings (SSSR count). The number of carbonyl (C=O) groups is 2. The van der Waals surface area contributed by atoms with Crippen molar-refractivity contribution >= 4 is 11.9 Å². The van der Waals surface area contributed by atoms with E-state index in [4.69, 9.17) is 0 Å². The third-order valence-electron chi connectivity index (χ3n) is 5.32. The van der Waals surface area contributed by atoms with E-state index in [0.717, 1.165) is 38.4 Å². The molecule has 2 fully saturated rings. The number of pyridine rings is 1. The van der Waals surface area contributed by atoms with E-state index in [1.165, 1.54) is 0 Å². The van der Waals surface area contributed by atoms with Gasteiger partial charge in [0.25, 0.3) is 0 Å². The number of urea groups is 1. The summed E-state index contributed by atoms with van der Waals surface area (Å²) in [5, 5.41) is 0. The number of hydrogen-bond donors (Lipinski definition) is 0. The molecule has 7 nitrogen and oxygen atoms in total. The highest BCUT2D eigenvalue weighted by Crippen LogP contribution is 2.35. The lowest BCUT2D eigenvalue weighted by molar-refractivity contribution is -0.127. The van der Waals surface area contributed by atoms with Gasteiger partial charge in [0.05, 0.1) is 5.69 Å². The smallest absolute Gasteiger partial charge is 0.319 e. The molecule has 0 aromatic carbocycles. The largest absolute Gasteiger partial charge is 0.342 e. The Morgan fingerprint density at radius 3 is 2.65 bits per heavy atom. The van der Waals surface area contributed by atoms with E-state index in [2.05, 4.69) is 9.88 Å². The van der Waals surface area contributed by atoms with Gasteiger partial charge >= 0.3 is 6.03 Å². The molecule has 1 spiro atoms. The molecular formula is C19H29N5O2. The molecule has 1 atom stereocenters. The fourth-order valence-corrected chi connectivity index (χ4v) is 4.13. The molecule has 2 aliphatic heterocycles. The summed E-state index contributed by atoms with van der Waals surface area (Å²) < 4.78 is 0. The van der Waals surface area contributed by atoms with Gasteiger partial charge in [-0.1, -0.05) is 6.07 Å².